The molecule has 4 aromatic rings. The molecule has 0 spiro atoms. The highest BCUT2D eigenvalue weighted by molar-refractivity contribution is 5.79. The lowest BCUT2D eigenvalue weighted by atomic mass is 10.1. The summed E-state index contributed by atoms with van der Waals surface area (Å²) < 4.78 is 12.5. The van der Waals surface area contributed by atoms with E-state index in [1.165, 1.54) is 5.56 Å². The van der Waals surface area contributed by atoms with Gasteiger partial charge < -0.3 is 14.8 Å². The first-order valence-corrected chi connectivity index (χ1v) is 10.8. The number of nitrogens with one attached hydrogen (secondary N) is 1. The molecule has 0 aliphatic heterocycles. The molecule has 0 fully saturated rings. The molecule has 4 rings (SSSR count). The number of rotatable bonds is 9. The number of benzene rings is 3. The molecule has 0 bridgehead atoms. The second-order valence-electron chi connectivity index (χ2n) is 7.69. The number of methoxy groups -OCH3 is 2. The van der Waals surface area contributed by atoms with E-state index >= 15 is 0 Å². The Bertz CT molecular complexity index is 1200. The highest BCUT2D eigenvalue weighted by Gasteiger charge is 2.14. The number of carbonyl (C=O) groups excluding carboxylic acids is 1. The highest BCUT2D eigenvalue weighted by atomic mass is 16.5. The van der Waals surface area contributed by atoms with E-state index in [0.717, 1.165) is 22.4 Å². The van der Waals surface area contributed by atoms with Crippen LogP contribution in [-0.4, -0.2) is 29.9 Å². The van der Waals surface area contributed by atoms with Crippen LogP contribution < -0.4 is 14.8 Å². The van der Waals surface area contributed by atoms with Crippen LogP contribution in [0.4, 0.5) is 0 Å². The number of hydrogen-bond acceptors (Lipinski definition) is 4. The molecule has 0 atom stereocenters. The molecule has 0 aliphatic carbocycles. The fourth-order valence-corrected chi connectivity index (χ4v) is 3.71. The van der Waals surface area contributed by atoms with Gasteiger partial charge in [0.15, 0.2) is 11.5 Å². The molecule has 0 radical (unpaired) electrons. The van der Waals surface area contributed by atoms with Crippen LogP contribution in [0.25, 0.3) is 11.3 Å². The van der Waals surface area contributed by atoms with Crippen LogP contribution in [0, 0.1) is 0 Å². The van der Waals surface area contributed by atoms with Crippen LogP contribution in [0.2, 0.25) is 0 Å². The van der Waals surface area contributed by atoms with Crippen molar-refractivity contribution in [2.75, 3.05) is 14.2 Å². The lowest BCUT2D eigenvalue weighted by Gasteiger charge is -2.10. The van der Waals surface area contributed by atoms with Gasteiger partial charge in [0.2, 0.25) is 5.91 Å². The van der Waals surface area contributed by atoms with Crippen molar-refractivity contribution in [1.82, 2.24) is 15.1 Å². The maximum absolute atomic E-state index is 12.7. The molecular formula is C27H27N3O3. The summed E-state index contributed by atoms with van der Waals surface area (Å²) in [4.78, 5) is 12.7. The number of nitrogens with zero attached hydrogens (tertiary/aromatic N) is 2. The van der Waals surface area contributed by atoms with Crippen LogP contribution in [0.15, 0.2) is 85.1 Å². The third-order valence-corrected chi connectivity index (χ3v) is 5.36. The smallest absolute Gasteiger partial charge is 0.224 e. The van der Waals surface area contributed by atoms with Crippen LogP contribution in [0.5, 0.6) is 11.5 Å². The minimum atomic E-state index is -0.0722. The lowest BCUT2D eigenvalue weighted by molar-refractivity contribution is -0.120. The number of aromatic nitrogens is 2. The van der Waals surface area contributed by atoms with Gasteiger partial charge in [-0.05, 0) is 23.3 Å². The average molecular weight is 442 g/mol. The Kier molecular flexibility index (Phi) is 7.05. The highest BCUT2D eigenvalue weighted by Crippen LogP contribution is 2.28. The van der Waals surface area contributed by atoms with Gasteiger partial charge in [0.25, 0.3) is 0 Å². The standard InChI is InChI=1S/C27H27N3O3/c1-32-24-14-13-21(15-25(24)33-2)16-26(31)28-17-23-19-30(18-20-9-5-3-6-10-20)29-27(23)22-11-7-4-8-12-22/h3-15,19H,16-18H2,1-2H3,(H,28,31). The van der Waals surface area contributed by atoms with Gasteiger partial charge in [-0.15, -0.1) is 0 Å². The van der Waals surface area contributed by atoms with E-state index in [2.05, 4.69) is 17.4 Å². The van der Waals surface area contributed by atoms with Gasteiger partial charge in [-0.25, -0.2) is 0 Å². The first kappa shape index (κ1) is 22.1. The van der Waals surface area contributed by atoms with E-state index in [1.54, 1.807) is 14.2 Å². The Balaban J connectivity index is 1.49. The van der Waals surface area contributed by atoms with Crippen LogP contribution in [0.3, 0.4) is 0 Å². The van der Waals surface area contributed by atoms with Crippen LogP contribution >= 0.6 is 0 Å². The summed E-state index contributed by atoms with van der Waals surface area (Å²) in [6.07, 6.45) is 2.26. The fraction of sp³-hybridized carbons (Fsp3) is 0.185. The number of hydrogen-bond donors (Lipinski definition) is 1. The summed E-state index contributed by atoms with van der Waals surface area (Å²) in [6, 6.07) is 25.7. The summed E-state index contributed by atoms with van der Waals surface area (Å²) in [6.45, 7) is 1.06. The molecule has 0 saturated heterocycles. The SMILES string of the molecule is COc1ccc(CC(=O)NCc2cn(Cc3ccccc3)nc2-c2ccccc2)cc1OC. The normalized spacial score (nSPS) is 10.6. The molecule has 1 amide bonds. The fourth-order valence-electron chi connectivity index (χ4n) is 3.71. The van der Waals surface area contributed by atoms with Crippen molar-refractivity contribution < 1.29 is 14.3 Å². The molecule has 1 heterocycles. The lowest BCUT2D eigenvalue weighted by Crippen LogP contribution is -2.24. The Morgan fingerprint density at radius 2 is 1.58 bits per heavy atom. The molecule has 6 heteroatoms. The average Bonchev–Trinajstić information content (AvgIpc) is 3.26. The zero-order valence-corrected chi connectivity index (χ0v) is 18.8. The van der Waals surface area contributed by atoms with Crippen LogP contribution in [0.1, 0.15) is 16.7 Å². The third kappa shape index (κ3) is 5.60. The predicted octanol–water partition coefficient (Wildman–Crippen LogP) is 4.47. The second-order valence-corrected chi connectivity index (χ2v) is 7.69. The van der Waals surface area contributed by atoms with Gasteiger partial charge in [-0.3, -0.25) is 9.48 Å². The molecule has 1 N–H and O–H groups in total. The van der Waals surface area contributed by atoms with E-state index in [1.807, 2.05) is 77.6 Å². The van der Waals surface area contributed by atoms with Crippen molar-refractivity contribution in [3.8, 4) is 22.8 Å². The minimum Gasteiger partial charge on any atom is -0.493 e. The summed E-state index contributed by atoms with van der Waals surface area (Å²) in [5.41, 5.74) is 4.89. The van der Waals surface area contributed by atoms with Gasteiger partial charge in [-0.2, -0.15) is 5.10 Å². The Morgan fingerprint density at radius 3 is 2.27 bits per heavy atom. The first-order chi connectivity index (χ1) is 16.2. The quantitative estimate of drug-likeness (QED) is 0.416. The van der Waals surface area contributed by atoms with E-state index in [-0.39, 0.29) is 12.3 Å². The van der Waals surface area contributed by atoms with Crippen molar-refractivity contribution in [3.05, 3.63) is 102 Å². The van der Waals surface area contributed by atoms with Crippen molar-refractivity contribution in [1.29, 1.82) is 0 Å². The Morgan fingerprint density at radius 1 is 0.879 bits per heavy atom. The van der Waals surface area contributed by atoms with Gasteiger partial charge in [0, 0.05) is 23.9 Å². The van der Waals surface area contributed by atoms with Gasteiger partial charge in [0.1, 0.15) is 0 Å². The molecule has 33 heavy (non-hydrogen) atoms. The van der Waals surface area contributed by atoms with Crippen molar-refractivity contribution in [3.63, 3.8) is 0 Å². The van der Waals surface area contributed by atoms with E-state index < -0.39 is 0 Å². The molecule has 1 aromatic heterocycles. The second kappa shape index (κ2) is 10.5. The summed E-state index contributed by atoms with van der Waals surface area (Å²) in [7, 11) is 3.17. The Hall–Kier alpha value is -4.06. The van der Waals surface area contributed by atoms with E-state index in [0.29, 0.717) is 24.6 Å². The maximum atomic E-state index is 12.7. The minimum absolute atomic E-state index is 0.0722. The number of amides is 1. The maximum Gasteiger partial charge on any atom is 0.224 e. The van der Waals surface area contributed by atoms with E-state index in [4.69, 9.17) is 14.6 Å². The zero-order chi connectivity index (χ0) is 23.0. The van der Waals surface area contributed by atoms with Gasteiger partial charge in [0.05, 0.1) is 32.9 Å². The number of carbonyl (C=O) groups is 1. The van der Waals surface area contributed by atoms with Crippen LogP contribution in [-0.2, 0) is 24.3 Å². The molecule has 3 aromatic carbocycles. The topological polar surface area (TPSA) is 65.4 Å². The molecule has 0 saturated carbocycles. The summed E-state index contributed by atoms with van der Waals surface area (Å²) in [5, 5.41) is 7.85. The van der Waals surface area contributed by atoms with Gasteiger partial charge in [-0.1, -0.05) is 66.7 Å². The van der Waals surface area contributed by atoms with Crippen molar-refractivity contribution in [2.24, 2.45) is 0 Å². The third-order valence-electron chi connectivity index (χ3n) is 5.36. The summed E-state index contributed by atoms with van der Waals surface area (Å²) >= 11 is 0. The number of ether oxygens (including phenoxy) is 2. The molecule has 0 unspecified atom stereocenters. The predicted molar refractivity (Wildman–Crippen MR) is 128 cm³/mol. The Labute approximate surface area is 193 Å². The van der Waals surface area contributed by atoms with Crippen molar-refractivity contribution >= 4 is 5.91 Å². The van der Waals surface area contributed by atoms with E-state index in [9.17, 15) is 4.79 Å². The molecule has 168 valence electrons. The molecular weight excluding hydrogens is 414 g/mol. The van der Waals surface area contributed by atoms with Crippen molar-refractivity contribution in [2.45, 2.75) is 19.5 Å². The monoisotopic (exact) mass is 441 g/mol. The molecule has 0 aliphatic rings. The zero-order valence-electron chi connectivity index (χ0n) is 18.8. The first-order valence-electron chi connectivity index (χ1n) is 10.8. The summed E-state index contributed by atoms with van der Waals surface area (Å²) in [5.74, 6) is 1.17. The largest absolute Gasteiger partial charge is 0.493 e. The molecule has 6 nitrogen and oxygen atoms in total. The van der Waals surface area contributed by atoms with Gasteiger partial charge >= 0.3 is 0 Å².